The van der Waals surface area contributed by atoms with E-state index in [1.165, 1.54) is 0 Å². The van der Waals surface area contributed by atoms with Crippen LogP contribution in [0.2, 0.25) is 5.02 Å². The summed E-state index contributed by atoms with van der Waals surface area (Å²) in [6, 6.07) is 7.70. The Morgan fingerprint density at radius 3 is 2.95 bits per heavy atom. The zero-order valence-corrected chi connectivity index (χ0v) is 11.7. The van der Waals surface area contributed by atoms with E-state index in [9.17, 15) is 4.79 Å². The van der Waals surface area contributed by atoms with Gasteiger partial charge in [0, 0.05) is 10.9 Å². The molecule has 1 aromatic carbocycles. The quantitative estimate of drug-likeness (QED) is 0.927. The maximum Gasteiger partial charge on any atom is 0.224 e. The average Bonchev–Trinajstić information content (AvgIpc) is 3.27. The highest BCUT2D eigenvalue weighted by atomic mass is 35.5. The molecule has 106 valence electrons. The van der Waals surface area contributed by atoms with Gasteiger partial charge in [0.15, 0.2) is 0 Å². The van der Waals surface area contributed by atoms with E-state index in [2.05, 4.69) is 5.32 Å². The highest BCUT2D eigenvalue weighted by molar-refractivity contribution is 6.31. The molecule has 0 aromatic heterocycles. The third kappa shape index (κ3) is 2.90. The monoisotopic (exact) mass is 293 g/mol. The fourth-order valence-electron chi connectivity index (χ4n) is 2.41. The van der Waals surface area contributed by atoms with Gasteiger partial charge in [0.1, 0.15) is 25.2 Å². The Labute approximate surface area is 122 Å². The number of hydrogen-bond acceptors (Lipinski definition) is 3. The van der Waals surface area contributed by atoms with Gasteiger partial charge in [-0.2, -0.15) is 0 Å². The highest BCUT2D eigenvalue weighted by Gasteiger charge is 2.44. The van der Waals surface area contributed by atoms with E-state index in [1.54, 1.807) is 6.26 Å². The van der Waals surface area contributed by atoms with Gasteiger partial charge in [-0.1, -0.05) is 29.8 Å². The first-order valence-electron chi connectivity index (χ1n) is 6.71. The normalized spacial score (nSPS) is 24.1. The van der Waals surface area contributed by atoms with Gasteiger partial charge in [-0.15, -0.1) is 0 Å². The van der Waals surface area contributed by atoms with Gasteiger partial charge in [0.2, 0.25) is 5.91 Å². The van der Waals surface area contributed by atoms with E-state index in [0.29, 0.717) is 25.5 Å². The van der Waals surface area contributed by atoms with Crippen LogP contribution in [-0.2, 0) is 14.3 Å². The lowest BCUT2D eigenvalue weighted by Crippen LogP contribution is -2.29. The maximum atomic E-state index is 12.1. The molecule has 3 rings (SSSR count). The summed E-state index contributed by atoms with van der Waals surface area (Å²) in [4.78, 5) is 12.1. The summed E-state index contributed by atoms with van der Waals surface area (Å²) in [7, 11) is 0. The lowest BCUT2D eigenvalue weighted by atomic mass is 10.1. The summed E-state index contributed by atoms with van der Waals surface area (Å²) in [6.07, 6.45) is 2.41. The number of ether oxygens (including phenoxy) is 2. The van der Waals surface area contributed by atoms with Crippen LogP contribution in [0.15, 0.2) is 36.3 Å². The number of carbonyl (C=O) groups is 1. The van der Waals surface area contributed by atoms with Gasteiger partial charge in [-0.3, -0.25) is 4.79 Å². The van der Waals surface area contributed by atoms with E-state index in [4.69, 9.17) is 21.1 Å². The van der Waals surface area contributed by atoms with Crippen LogP contribution in [0.1, 0.15) is 17.9 Å². The fraction of sp³-hybridized carbons (Fsp3) is 0.400. The van der Waals surface area contributed by atoms with E-state index in [0.717, 1.165) is 17.0 Å². The first kappa shape index (κ1) is 13.3. The van der Waals surface area contributed by atoms with Crippen LogP contribution in [0.4, 0.5) is 0 Å². The van der Waals surface area contributed by atoms with E-state index in [1.807, 2.05) is 24.3 Å². The molecule has 2 atom stereocenters. The highest BCUT2D eigenvalue weighted by Crippen LogP contribution is 2.49. The minimum Gasteiger partial charge on any atom is -0.494 e. The Kier molecular flexibility index (Phi) is 3.83. The molecule has 1 amide bonds. The van der Waals surface area contributed by atoms with Crippen LogP contribution in [0.5, 0.6) is 0 Å². The molecule has 1 saturated carbocycles. The summed E-state index contributed by atoms with van der Waals surface area (Å²) in [5.41, 5.74) is 1.06. The lowest BCUT2D eigenvalue weighted by Gasteiger charge is -2.15. The summed E-state index contributed by atoms with van der Waals surface area (Å²) in [5, 5.41) is 3.61. The van der Waals surface area contributed by atoms with Crippen LogP contribution in [0.25, 0.3) is 0 Å². The molecule has 0 radical (unpaired) electrons. The molecule has 0 bridgehead atoms. The second-order valence-corrected chi connectivity index (χ2v) is 5.40. The van der Waals surface area contributed by atoms with E-state index < -0.39 is 0 Å². The fourth-order valence-corrected chi connectivity index (χ4v) is 2.68. The molecule has 2 unspecified atom stereocenters. The molecule has 1 aliphatic carbocycles. The summed E-state index contributed by atoms with van der Waals surface area (Å²) < 4.78 is 10.5. The minimum absolute atomic E-state index is 0.0139. The molecule has 2 aliphatic rings. The standard InChI is InChI=1S/C15H16ClNO3/c16-14-4-2-1-3-11(14)12-7-13(12)15(18)17-8-10-9-19-5-6-20-10/h1-4,9,12-13H,5-8H2,(H,17,18). The molecular weight excluding hydrogens is 278 g/mol. The Morgan fingerprint density at radius 2 is 2.20 bits per heavy atom. The van der Waals surface area contributed by atoms with Crippen LogP contribution in [-0.4, -0.2) is 25.7 Å². The van der Waals surface area contributed by atoms with Gasteiger partial charge < -0.3 is 14.8 Å². The van der Waals surface area contributed by atoms with Crippen molar-refractivity contribution < 1.29 is 14.3 Å². The van der Waals surface area contributed by atoms with Crippen molar-refractivity contribution in [2.75, 3.05) is 19.8 Å². The number of nitrogens with one attached hydrogen (secondary N) is 1. The third-order valence-corrected chi connectivity index (χ3v) is 3.92. The van der Waals surface area contributed by atoms with Gasteiger partial charge in [-0.25, -0.2) is 0 Å². The molecule has 5 heteroatoms. The first-order valence-corrected chi connectivity index (χ1v) is 7.09. The Hall–Kier alpha value is -1.68. The van der Waals surface area contributed by atoms with Crippen LogP contribution in [0, 0.1) is 5.92 Å². The predicted molar refractivity (Wildman–Crippen MR) is 75.3 cm³/mol. The number of carbonyl (C=O) groups excluding carboxylic acids is 1. The molecular formula is C15H16ClNO3. The topological polar surface area (TPSA) is 47.6 Å². The van der Waals surface area contributed by atoms with Crippen LogP contribution < -0.4 is 5.32 Å². The van der Waals surface area contributed by atoms with Crippen LogP contribution in [0.3, 0.4) is 0 Å². The Morgan fingerprint density at radius 1 is 1.35 bits per heavy atom. The number of rotatable bonds is 4. The average molecular weight is 294 g/mol. The number of halogens is 1. The largest absolute Gasteiger partial charge is 0.494 e. The minimum atomic E-state index is 0.0139. The second kappa shape index (κ2) is 5.75. The predicted octanol–water partition coefficient (Wildman–Crippen LogP) is 2.45. The SMILES string of the molecule is O=C(NCC1=COCCO1)C1CC1c1ccccc1Cl. The first-order chi connectivity index (χ1) is 9.75. The lowest BCUT2D eigenvalue weighted by molar-refractivity contribution is -0.122. The second-order valence-electron chi connectivity index (χ2n) is 4.99. The van der Waals surface area contributed by atoms with Crippen molar-refractivity contribution >= 4 is 17.5 Å². The van der Waals surface area contributed by atoms with Gasteiger partial charge in [0.05, 0.1) is 6.54 Å². The smallest absolute Gasteiger partial charge is 0.224 e. The van der Waals surface area contributed by atoms with E-state index >= 15 is 0 Å². The summed E-state index contributed by atoms with van der Waals surface area (Å²) in [5.74, 6) is 0.964. The summed E-state index contributed by atoms with van der Waals surface area (Å²) in [6.45, 7) is 1.48. The molecule has 1 aromatic rings. The zero-order valence-electron chi connectivity index (χ0n) is 11.0. The number of amides is 1. The van der Waals surface area contributed by atoms with Crippen molar-refractivity contribution in [3.8, 4) is 0 Å². The van der Waals surface area contributed by atoms with Gasteiger partial charge >= 0.3 is 0 Å². The number of hydrogen-bond donors (Lipinski definition) is 1. The Bertz CT molecular complexity index is 544. The third-order valence-electron chi connectivity index (χ3n) is 3.57. The Balaban J connectivity index is 1.53. The summed E-state index contributed by atoms with van der Waals surface area (Å²) >= 11 is 6.15. The van der Waals surface area contributed by atoms with Crippen molar-refractivity contribution in [3.63, 3.8) is 0 Å². The number of benzene rings is 1. The molecule has 4 nitrogen and oxygen atoms in total. The molecule has 20 heavy (non-hydrogen) atoms. The molecule has 0 saturated heterocycles. The zero-order chi connectivity index (χ0) is 13.9. The van der Waals surface area contributed by atoms with Crippen LogP contribution >= 0.6 is 11.6 Å². The molecule has 1 N–H and O–H groups in total. The molecule has 1 fully saturated rings. The molecule has 1 heterocycles. The van der Waals surface area contributed by atoms with Crippen molar-refractivity contribution in [1.29, 1.82) is 0 Å². The van der Waals surface area contributed by atoms with Crippen molar-refractivity contribution in [3.05, 3.63) is 46.9 Å². The molecule has 0 spiro atoms. The maximum absolute atomic E-state index is 12.1. The molecule has 1 aliphatic heterocycles. The van der Waals surface area contributed by atoms with Crippen molar-refractivity contribution in [2.45, 2.75) is 12.3 Å². The van der Waals surface area contributed by atoms with Gasteiger partial charge in [0.25, 0.3) is 0 Å². The van der Waals surface area contributed by atoms with Crippen molar-refractivity contribution in [1.82, 2.24) is 5.32 Å². The van der Waals surface area contributed by atoms with Crippen molar-refractivity contribution in [2.24, 2.45) is 5.92 Å². The van der Waals surface area contributed by atoms with Gasteiger partial charge in [-0.05, 0) is 24.0 Å². The van der Waals surface area contributed by atoms with E-state index in [-0.39, 0.29) is 17.7 Å².